The Morgan fingerprint density at radius 1 is 1.16 bits per heavy atom. The molecule has 0 aromatic carbocycles. The molecular weight excluding hydrogens is 490 g/mol. The molecule has 1 saturated heterocycles. The van der Waals surface area contributed by atoms with Crippen molar-refractivity contribution < 1.29 is 60.6 Å². The molecule has 14 nitrogen and oxygen atoms in total. The number of H-pyrrole nitrogens is 1. The van der Waals surface area contributed by atoms with E-state index in [0.29, 0.717) is 0 Å². The van der Waals surface area contributed by atoms with Crippen molar-refractivity contribution in [3.05, 3.63) is 33.7 Å². The Morgan fingerprint density at radius 3 is 2.39 bits per heavy atom. The summed E-state index contributed by atoms with van der Waals surface area (Å²) in [7, 11) is -16.8. The average Bonchev–Trinajstić information content (AvgIpc) is 2.86. The first-order valence-electron chi connectivity index (χ1n) is 8.06. The lowest BCUT2D eigenvalue weighted by molar-refractivity contribution is -0.0222. The molecule has 0 spiro atoms. The minimum absolute atomic E-state index is 0.0170. The maximum absolute atomic E-state index is 14.6. The molecule has 1 aliphatic heterocycles. The van der Waals surface area contributed by atoms with Crippen molar-refractivity contribution >= 4 is 23.5 Å². The van der Waals surface area contributed by atoms with Crippen LogP contribution in [-0.2, 0) is 31.6 Å². The van der Waals surface area contributed by atoms with Gasteiger partial charge in [-0.25, -0.2) is 18.1 Å². The lowest BCUT2D eigenvalue weighted by Crippen LogP contribution is -2.31. The number of aliphatic hydroxyl groups is 1. The molecule has 0 radical (unpaired) electrons. The lowest BCUT2D eigenvalue weighted by atomic mass is 10.0. The third kappa shape index (κ3) is 7.40. The SMILES string of the molecule is CC#Cc1[nH]c(=O)ccc1[C@@H]1O[C@H](COP(=O)(O)OP(=O)(O)OP(=O)(O)O)C(O)[C@@H]1F. The second-order valence-electron chi connectivity index (χ2n) is 5.94. The van der Waals surface area contributed by atoms with Crippen LogP contribution in [0.1, 0.15) is 24.3 Å². The second-order valence-corrected chi connectivity index (χ2v) is 10.4. The van der Waals surface area contributed by atoms with Crippen LogP contribution in [0.15, 0.2) is 16.9 Å². The predicted molar refractivity (Wildman–Crippen MR) is 97.9 cm³/mol. The normalized spacial score (nSPS) is 27.7. The van der Waals surface area contributed by atoms with Crippen molar-refractivity contribution in [2.45, 2.75) is 31.4 Å². The number of aromatic amines is 1. The number of hydrogen-bond acceptors (Lipinski definition) is 9. The van der Waals surface area contributed by atoms with Crippen molar-refractivity contribution in [3.63, 3.8) is 0 Å². The van der Waals surface area contributed by atoms with Crippen molar-refractivity contribution in [2.75, 3.05) is 6.61 Å². The van der Waals surface area contributed by atoms with Crippen molar-refractivity contribution in [2.24, 2.45) is 0 Å². The number of rotatable bonds is 8. The Balaban J connectivity index is 2.12. The van der Waals surface area contributed by atoms with Crippen LogP contribution in [0, 0.1) is 11.8 Å². The minimum Gasteiger partial charge on any atom is -0.387 e. The van der Waals surface area contributed by atoms with Crippen LogP contribution >= 0.6 is 23.5 Å². The lowest BCUT2D eigenvalue weighted by Gasteiger charge is -2.19. The molecule has 0 bridgehead atoms. The summed E-state index contributed by atoms with van der Waals surface area (Å²) >= 11 is 0. The summed E-state index contributed by atoms with van der Waals surface area (Å²) in [5, 5.41) is 10.0. The van der Waals surface area contributed by atoms with Gasteiger partial charge in [-0.1, -0.05) is 5.92 Å². The number of alkyl halides is 1. The van der Waals surface area contributed by atoms with Gasteiger partial charge in [-0.2, -0.15) is 8.62 Å². The number of phosphoric acid groups is 3. The quantitative estimate of drug-likeness (QED) is 0.205. The molecule has 0 amide bonds. The Hall–Kier alpha value is -1.23. The zero-order chi connectivity index (χ0) is 23.6. The summed E-state index contributed by atoms with van der Waals surface area (Å²) in [6.45, 7) is 0.414. The van der Waals surface area contributed by atoms with Crippen LogP contribution in [0.25, 0.3) is 0 Å². The Morgan fingerprint density at radius 2 is 1.81 bits per heavy atom. The smallest absolute Gasteiger partial charge is 0.387 e. The van der Waals surface area contributed by atoms with Gasteiger partial charge in [0.1, 0.15) is 18.3 Å². The van der Waals surface area contributed by atoms with Crippen molar-refractivity contribution in [3.8, 4) is 11.8 Å². The predicted octanol–water partition coefficient (Wildman–Crippen LogP) is 0.228. The van der Waals surface area contributed by atoms with Gasteiger partial charge in [-0.3, -0.25) is 9.32 Å². The van der Waals surface area contributed by atoms with Crippen LogP contribution in [0.3, 0.4) is 0 Å². The van der Waals surface area contributed by atoms with E-state index in [-0.39, 0.29) is 11.3 Å². The summed E-state index contributed by atoms with van der Waals surface area (Å²) in [6.07, 6.45) is -7.03. The van der Waals surface area contributed by atoms with Crippen LogP contribution in [0.2, 0.25) is 0 Å². The molecule has 3 unspecified atom stereocenters. The van der Waals surface area contributed by atoms with E-state index in [2.05, 4.69) is 30.0 Å². The number of aliphatic hydroxyl groups excluding tert-OH is 1. The number of nitrogens with one attached hydrogen (secondary N) is 1. The maximum Gasteiger partial charge on any atom is 0.490 e. The van der Waals surface area contributed by atoms with Gasteiger partial charge in [0.25, 0.3) is 0 Å². The van der Waals surface area contributed by atoms with E-state index in [1.807, 2.05) is 0 Å². The number of phosphoric ester groups is 1. The van der Waals surface area contributed by atoms with E-state index >= 15 is 0 Å². The Bertz CT molecular complexity index is 1070. The number of hydrogen-bond donors (Lipinski definition) is 6. The molecule has 0 aliphatic carbocycles. The Kier molecular flexibility index (Phi) is 8.16. The van der Waals surface area contributed by atoms with E-state index in [0.717, 1.165) is 6.07 Å². The molecule has 1 fully saturated rings. The summed E-state index contributed by atoms with van der Waals surface area (Å²) in [6, 6.07) is 2.28. The highest BCUT2D eigenvalue weighted by Gasteiger charge is 2.47. The van der Waals surface area contributed by atoms with E-state index in [1.54, 1.807) is 0 Å². The molecule has 0 saturated carbocycles. The van der Waals surface area contributed by atoms with Crippen LogP contribution < -0.4 is 5.56 Å². The fourth-order valence-electron chi connectivity index (χ4n) is 2.53. The average molecular weight is 507 g/mol. The first-order chi connectivity index (χ1) is 14.1. The highest BCUT2D eigenvalue weighted by Crippen LogP contribution is 2.66. The molecule has 1 aliphatic rings. The van der Waals surface area contributed by atoms with E-state index < -0.39 is 60.1 Å². The van der Waals surface area contributed by atoms with Gasteiger partial charge in [0.15, 0.2) is 6.17 Å². The molecule has 18 heteroatoms. The van der Waals surface area contributed by atoms with E-state index in [9.17, 15) is 32.9 Å². The second kappa shape index (κ2) is 9.72. The van der Waals surface area contributed by atoms with Gasteiger partial charge in [0, 0.05) is 11.6 Å². The molecular formula is C13H17FNO13P3. The van der Waals surface area contributed by atoms with Gasteiger partial charge in [0.2, 0.25) is 5.56 Å². The van der Waals surface area contributed by atoms with Crippen LogP contribution in [0.4, 0.5) is 4.39 Å². The van der Waals surface area contributed by atoms with Crippen LogP contribution in [-0.4, -0.2) is 54.7 Å². The molecule has 2 rings (SSSR count). The monoisotopic (exact) mass is 507 g/mol. The van der Waals surface area contributed by atoms with Crippen molar-refractivity contribution in [1.82, 2.24) is 4.98 Å². The summed E-state index contributed by atoms with van der Waals surface area (Å²) < 4.78 is 64.9. The molecule has 2 heterocycles. The molecule has 174 valence electrons. The van der Waals surface area contributed by atoms with Gasteiger partial charge in [0.05, 0.1) is 12.3 Å². The van der Waals surface area contributed by atoms with Gasteiger partial charge in [-0.15, -0.1) is 0 Å². The number of ether oxygens (including phenoxy) is 1. The fourth-order valence-corrected chi connectivity index (χ4v) is 5.56. The minimum atomic E-state index is -5.73. The van der Waals surface area contributed by atoms with Gasteiger partial charge < -0.3 is 34.4 Å². The summed E-state index contributed by atoms with van der Waals surface area (Å²) in [5.74, 6) is 5.04. The zero-order valence-corrected chi connectivity index (χ0v) is 18.1. The first kappa shape index (κ1) is 26.0. The van der Waals surface area contributed by atoms with Crippen LogP contribution in [0.5, 0.6) is 0 Å². The van der Waals surface area contributed by atoms with Gasteiger partial charge >= 0.3 is 23.5 Å². The third-order valence-electron chi connectivity index (χ3n) is 3.64. The van der Waals surface area contributed by atoms with Gasteiger partial charge in [-0.05, 0) is 18.9 Å². The largest absolute Gasteiger partial charge is 0.490 e. The summed E-state index contributed by atoms with van der Waals surface area (Å²) in [5.41, 5.74) is -0.440. The van der Waals surface area contributed by atoms with Crippen molar-refractivity contribution in [1.29, 1.82) is 0 Å². The molecule has 6 N–H and O–H groups in total. The van der Waals surface area contributed by atoms with E-state index in [1.165, 1.54) is 13.0 Å². The molecule has 6 atom stereocenters. The van der Waals surface area contributed by atoms with E-state index in [4.69, 9.17) is 19.4 Å². The molecule has 1 aromatic rings. The fraction of sp³-hybridized carbons (Fsp3) is 0.462. The highest BCUT2D eigenvalue weighted by atomic mass is 31.3. The molecule has 31 heavy (non-hydrogen) atoms. The topological polar surface area (TPSA) is 222 Å². The Labute approximate surface area is 173 Å². The first-order valence-corrected chi connectivity index (χ1v) is 12.6. The molecule has 1 aromatic heterocycles. The number of aromatic nitrogens is 1. The summed E-state index contributed by atoms with van der Waals surface area (Å²) in [4.78, 5) is 49.3. The number of pyridine rings is 1. The standard InChI is InChI=1S/C13H17FNO13P3/c1-2-3-8-7(4-5-10(16)15-8)13-11(14)12(17)9(26-13)6-25-30(21,22)28-31(23,24)27-29(18,19)20/h4-5,9,11-13,17H,6H2,1H3,(H,15,16)(H,21,22)(H,23,24)(H2,18,19,20)/t9-,11+,12?,13+/m1/s1. The zero-order valence-electron chi connectivity index (χ0n) is 15.4. The highest BCUT2D eigenvalue weighted by molar-refractivity contribution is 7.66. The third-order valence-corrected chi connectivity index (χ3v) is 7.45. The number of halogens is 1. The maximum atomic E-state index is 14.6.